The van der Waals surface area contributed by atoms with E-state index < -0.39 is 7.92 Å². The van der Waals surface area contributed by atoms with Gasteiger partial charge < -0.3 is 5.32 Å². The Bertz CT molecular complexity index is 1150. The lowest BCUT2D eigenvalue weighted by Gasteiger charge is -2.30. The molecule has 4 heteroatoms. The minimum absolute atomic E-state index is 0.362. The molecule has 2 unspecified atom stereocenters. The van der Waals surface area contributed by atoms with E-state index in [0.29, 0.717) is 12.1 Å². The van der Waals surface area contributed by atoms with Crippen LogP contribution in [0.15, 0.2) is 126 Å². The predicted octanol–water partition coefficient (Wildman–Crippen LogP) is 6.22. The first kappa shape index (κ1) is 27.0. The van der Waals surface area contributed by atoms with Crippen LogP contribution >= 0.6 is 15.8 Å². The van der Waals surface area contributed by atoms with Crippen LogP contribution in [0.25, 0.3) is 0 Å². The summed E-state index contributed by atoms with van der Waals surface area (Å²) in [5.41, 5.74) is 0. The standard InChI is InChI=1S/C34H38N2P2/c1-5-15-29(16-6-1)37(30-17-7-2-8-18-30)27-25-35-33-23-13-14-24-34(33)36-26-28-38(31-19-9-3-10-20-31)32-21-11-4-12-22-32/h1-12,15-22,25,33-34,36H,13-14,23-24,26-28H2. The SMILES string of the molecule is C(CP(c1ccccc1)c1ccccc1)=NC1CCCCC1NCCP(c1ccccc1)c1ccccc1. The molecular formula is C34H38N2P2. The zero-order valence-electron chi connectivity index (χ0n) is 22.1. The molecule has 5 rings (SSSR count). The third kappa shape index (κ3) is 7.48. The molecule has 2 atom stereocenters. The highest BCUT2D eigenvalue weighted by molar-refractivity contribution is 7.73. The molecule has 2 nitrogen and oxygen atoms in total. The molecule has 0 amide bonds. The molecule has 4 aromatic carbocycles. The Kier molecular flexibility index (Phi) is 10.3. The Hall–Kier alpha value is -2.63. The molecule has 1 aliphatic rings. The van der Waals surface area contributed by atoms with Gasteiger partial charge in [0.25, 0.3) is 0 Å². The van der Waals surface area contributed by atoms with Gasteiger partial charge in [-0.05, 0) is 56.1 Å². The Morgan fingerprint density at radius 2 is 1.05 bits per heavy atom. The molecule has 1 aliphatic carbocycles. The summed E-state index contributed by atoms with van der Waals surface area (Å²) in [5, 5.41) is 9.72. The fourth-order valence-electron chi connectivity index (χ4n) is 5.35. The highest BCUT2D eigenvalue weighted by Gasteiger charge is 2.24. The van der Waals surface area contributed by atoms with Crippen molar-refractivity contribution < 1.29 is 0 Å². The summed E-state index contributed by atoms with van der Waals surface area (Å²) >= 11 is 0. The van der Waals surface area contributed by atoms with E-state index in [-0.39, 0.29) is 7.92 Å². The molecule has 1 saturated carbocycles. The quantitative estimate of drug-likeness (QED) is 0.179. The molecule has 0 bridgehead atoms. The Morgan fingerprint density at radius 3 is 1.55 bits per heavy atom. The summed E-state index contributed by atoms with van der Waals surface area (Å²) in [6.07, 6.45) is 9.40. The molecule has 0 heterocycles. The molecule has 0 spiro atoms. The maximum Gasteiger partial charge on any atom is 0.0648 e. The van der Waals surface area contributed by atoms with Crippen LogP contribution in [0.1, 0.15) is 25.7 Å². The third-order valence-electron chi connectivity index (χ3n) is 7.30. The minimum Gasteiger partial charge on any atom is -0.311 e. The van der Waals surface area contributed by atoms with Gasteiger partial charge in [0.05, 0.1) is 6.04 Å². The zero-order valence-corrected chi connectivity index (χ0v) is 23.9. The fraction of sp³-hybridized carbons (Fsp3) is 0.265. The van der Waals surface area contributed by atoms with E-state index in [1.807, 2.05) is 0 Å². The van der Waals surface area contributed by atoms with Gasteiger partial charge in [0.15, 0.2) is 0 Å². The van der Waals surface area contributed by atoms with Crippen LogP contribution in [-0.2, 0) is 0 Å². The van der Waals surface area contributed by atoms with Crippen molar-refractivity contribution in [3.05, 3.63) is 121 Å². The first-order chi connectivity index (χ1) is 18.9. The summed E-state index contributed by atoms with van der Waals surface area (Å²) in [7, 11) is -0.792. The molecule has 0 aliphatic heterocycles. The van der Waals surface area contributed by atoms with Crippen molar-refractivity contribution in [1.82, 2.24) is 5.32 Å². The molecule has 0 aromatic heterocycles. The van der Waals surface area contributed by atoms with Gasteiger partial charge in [0.1, 0.15) is 0 Å². The van der Waals surface area contributed by atoms with Crippen LogP contribution in [0.4, 0.5) is 0 Å². The topological polar surface area (TPSA) is 24.4 Å². The number of rotatable bonds is 11. The van der Waals surface area contributed by atoms with Crippen molar-refractivity contribution in [2.75, 3.05) is 18.9 Å². The number of hydrogen-bond donors (Lipinski definition) is 1. The molecule has 194 valence electrons. The Morgan fingerprint density at radius 1 is 0.605 bits per heavy atom. The second-order valence-corrected chi connectivity index (χ2v) is 14.4. The molecule has 38 heavy (non-hydrogen) atoms. The first-order valence-corrected chi connectivity index (χ1v) is 16.9. The van der Waals surface area contributed by atoms with E-state index in [4.69, 9.17) is 4.99 Å². The number of nitrogens with zero attached hydrogens (tertiary/aromatic N) is 1. The highest BCUT2D eigenvalue weighted by Crippen LogP contribution is 2.34. The van der Waals surface area contributed by atoms with Gasteiger partial charge >= 0.3 is 0 Å². The van der Waals surface area contributed by atoms with Crippen molar-refractivity contribution in [2.45, 2.75) is 37.8 Å². The first-order valence-electron chi connectivity index (χ1n) is 13.9. The van der Waals surface area contributed by atoms with Crippen molar-refractivity contribution in [1.29, 1.82) is 0 Å². The van der Waals surface area contributed by atoms with Crippen molar-refractivity contribution in [3.8, 4) is 0 Å². The average Bonchev–Trinajstić information content (AvgIpc) is 3.00. The lowest BCUT2D eigenvalue weighted by atomic mass is 9.91. The van der Waals surface area contributed by atoms with Crippen LogP contribution in [0.5, 0.6) is 0 Å². The monoisotopic (exact) mass is 536 g/mol. The van der Waals surface area contributed by atoms with E-state index in [0.717, 1.165) is 18.9 Å². The van der Waals surface area contributed by atoms with E-state index in [1.165, 1.54) is 46.9 Å². The van der Waals surface area contributed by atoms with E-state index in [9.17, 15) is 0 Å². The summed E-state index contributed by atoms with van der Waals surface area (Å²) in [6, 6.07) is 44.9. The van der Waals surface area contributed by atoms with E-state index in [1.54, 1.807) is 0 Å². The molecule has 0 radical (unpaired) electrons. The second kappa shape index (κ2) is 14.5. The molecule has 1 fully saturated rings. The maximum atomic E-state index is 5.20. The van der Waals surface area contributed by atoms with E-state index in [2.05, 4.69) is 133 Å². The number of aliphatic imine (C=N–C) groups is 1. The van der Waals surface area contributed by atoms with Gasteiger partial charge in [0, 0.05) is 25.0 Å². The summed E-state index contributed by atoms with van der Waals surface area (Å²) < 4.78 is 0. The molecule has 1 N–H and O–H groups in total. The van der Waals surface area contributed by atoms with Gasteiger partial charge in [-0.1, -0.05) is 134 Å². The smallest absolute Gasteiger partial charge is 0.0648 e. The summed E-state index contributed by atoms with van der Waals surface area (Å²) in [6.45, 7) is 1.03. The molecular weight excluding hydrogens is 498 g/mol. The highest BCUT2D eigenvalue weighted by atomic mass is 31.1. The maximum absolute atomic E-state index is 5.20. The predicted molar refractivity (Wildman–Crippen MR) is 170 cm³/mol. The minimum atomic E-state index is -0.430. The normalized spacial score (nSPS) is 17.8. The fourth-order valence-corrected chi connectivity index (χ4v) is 9.63. The lowest BCUT2D eigenvalue weighted by Crippen LogP contribution is -2.42. The zero-order chi connectivity index (χ0) is 25.8. The van der Waals surface area contributed by atoms with Gasteiger partial charge in [-0.25, -0.2) is 0 Å². The van der Waals surface area contributed by atoms with Crippen molar-refractivity contribution in [2.24, 2.45) is 4.99 Å². The summed E-state index contributed by atoms with van der Waals surface area (Å²) in [5.74, 6) is 0. The average molecular weight is 537 g/mol. The molecule has 0 saturated heterocycles. The number of hydrogen-bond acceptors (Lipinski definition) is 2. The van der Waals surface area contributed by atoms with Gasteiger partial charge in [-0.2, -0.15) is 0 Å². The second-order valence-electron chi connectivity index (χ2n) is 9.85. The Balaban J connectivity index is 1.23. The number of nitrogens with one attached hydrogen (secondary N) is 1. The van der Waals surface area contributed by atoms with Gasteiger partial charge in [0.2, 0.25) is 0 Å². The van der Waals surface area contributed by atoms with E-state index >= 15 is 0 Å². The van der Waals surface area contributed by atoms with Crippen molar-refractivity contribution >= 4 is 43.3 Å². The summed E-state index contributed by atoms with van der Waals surface area (Å²) in [4.78, 5) is 5.20. The number of benzene rings is 4. The van der Waals surface area contributed by atoms with Gasteiger partial charge in [-0.15, -0.1) is 0 Å². The van der Waals surface area contributed by atoms with Crippen LogP contribution in [0, 0.1) is 0 Å². The van der Waals surface area contributed by atoms with Crippen LogP contribution < -0.4 is 26.5 Å². The van der Waals surface area contributed by atoms with Crippen LogP contribution in [-0.4, -0.2) is 37.2 Å². The lowest BCUT2D eigenvalue weighted by molar-refractivity contribution is 0.336. The molecule has 4 aromatic rings. The van der Waals surface area contributed by atoms with Crippen LogP contribution in [0.2, 0.25) is 0 Å². The third-order valence-corrected chi connectivity index (χ3v) is 12.2. The van der Waals surface area contributed by atoms with Crippen LogP contribution in [0.3, 0.4) is 0 Å². The van der Waals surface area contributed by atoms with Gasteiger partial charge in [-0.3, -0.25) is 4.99 Å². The Labute approximate surface area is 231 Å². The van der Waals surface area contributed by atoms with Crippen molar-refractivity contribution in [3.63, 3.8) is 0 Å². The largest absolute Gasteiger partial charge is 0.311 e.